The van der Waals surface area contributed by atoms with Gasteiger partial charge in [0.2, 0.25) is 5.91 Å². The molecule has 4 heteroatoms. The van der Waals surface area contributed by atoms with Gasteiger partial charge in [-0.15, -0.1) is 0 Å². The molecule has 0 bridgehead atoms. The molecule has 4 rings (SSSR count). The van der Waals surface area contributed by atoms with Crippen LogP contribution in [0.1, 0.15) is 44.1 Å². The minimum atomic E-state index is 0.117. The molecule has 2 saturated heterocycles. The molecule has 0 spiro atoms. The van der Waals surface area contributed by atoms with Crippen LogP contribution in [-0.2, 0) is 16.1 Å². The molecule has 0 N–H and O–H groups in total. The molecular weight excluding hydrogens is 288 g/mol. The van der Waals surface area contributed by atoms with Gasteiger partial charge >= 0.3 is 0 Å². The lowest BCUT2D eigenvalue weighted by molar-refractivity contribution is -0.122. The van der Waals surface area contributed by atoms with Gasteiger partial charge in [-0.2, -0.15) is 0 Å². The summed E-state index contributed by atoms with van der Waals surface area (Å²) in [4.78, 5) is 17.6. The predicted molar refractivity (Wildman–Crippen MR) is 90.4 cm³/mol. The Morgan fingerprint density at radius 1 is 1.17 bits per heavy atom. The second-order valence-electron chi connectivity index (χ2n) is 7.09. The zero-order valence-corrected chi connectivity index (χ0v) is 13.7. The molecule has 2 atom stereocenters. The van der Waals surface area contributed by atoms with Gasteiger partial charge in [-0.05, 0) is 50.3 Å². The predicted octanol–water partition coefficient (Wildman–Crippen LogP) is 2.96. The van der Waals surface area contributed by atoms with Crippen molar-refractivity contribution in [2.24, 2.45) is 0 Å². The van der Waals surface area contributed by atoms with Gasteiger partial charge in [0.15, 0.2) is 0 Å². The molecule has 0 saturated carbocycles. The highest BCUT2D eigenvalue weighted by Gasteiger charge is 2.34. The first kappa shape index (κ1) is 15.2. The highest BCUT2D eigenvalue weighted by molar-refractivity contribution is 5.94. The van der Waals surface area contributed by atoms with Crippen LogP contribution < -0.4 is 4.90 Å². The van der Waals surface area contributed by atoms with E-state index in [-0.39, 0.29) is 12.0 Å². The van der Waals surface area contributed by atoms with Crippen molar-refractivity contribution in [1.82, 2.24) is 4.90 Å². The molecule has 1 amide bonds. The number of fused-ring (bicyclic) bond motifs is 2. The maximum absolute atomic E-state index is 13.0. The van der Waals surface area contributed by atoms with Gasteiger partial charge in [-0.3, -0.25) is 9.69 Å². The molecule has 0 aliphatic carbocycles. The molecule has 2 fully saturated rings. The Bertz CT molecular complexity index is 568. The van der Waals surface area contributed by atoms with Crippen molar-refractivity contribution in [3.8, 4) is 0 Å². The van der Waals surface area contributed by atoms with Gasteiger partial charge in [-0.1, -0.05) is 18.2 Å². The first-order valence-electron chi connectivity index (χ1n) is 9.05. The summed E-state index contributed by atoms with van der Waals surface area (Å²) in [5.41, 5.74) is 2.40. The largest absolute Gasteiger partial charge is 0.378 e. The minimum Gasteiger partial charge on any atom is -0.378 e. The van der Waals surface area contributed by atoms with E-state index >= 15 is 0 Å². The topological polar surface area (TPSA) is 32.8 Å². The van der Waals surface area contributed by atoms with Gasteiger partial charge in [-0.25, -0.2) is 0 Å². The van der Waals surface area contributed by atoms with Gasteiger partial charge in [0.25, 0.3) is 0 Å². The molecule has 0 aromatic heterocycles. The van der Waals surface area contributed by atoms with Crippen LogP contribution in [-0.4, -0.2) is 42.6 Å². The Kier molecular flexibility index (Phi) is 4.36. The summed E-state index contributed by atoms with van der Waals surface area (Å²) >= 11 is 0. The number of anilines is 1. The molecule has 1 aromatic carbocycles. The molecule has 23 heavy (non-hydrogen) atoms. The molecule has 3 heterocycles. The molecule has 124 valence electrons. The first-order chi connectivity index (χ1) is 11.3. The number of amides is 1. The lowest BCUT2D eigenvalue weighted by Gasteiger charge is -2.29. The van der Waals surface area contributed by atoms with E-state index in [9.17, 15) is 4.79 Å². The normalized spacial score (nSPS) is 28.1. The van der Waals surface area contributed by atoms with Gasteiger partial charge in [0.05, 0.1) is 12.5 Å². The van der Waals surface area contributed by atoms with Crippen LogP contribution in [0.2, 0.25) is 0 Å². The third kappa shape index (κ3) is 3.15. The van der Waals surface area contributed by atoms with Crippen molar-refractivity contribution in [3.63, 3.8) is 0 Å². The summed E-state index contributed by atoms with van der Waals surface area (Å²) in [5.74, 6) is 0.234. The van der Waals surface area contributed by atoms with E-state index in [0.717, 1.165) is 44.8 Å². The number of hydrogen-bond donors (Lipinski definition) is 0. The lowest BCUT2D eigenvalue weighted by atomic mass is 10.0. The number of carbonyl (C=O) groups is 1. The summed E-state index contributed by atoms with van der Waals surface area (Å²) in [6.07, 6.45) is 6.45. The van der Waals surface area contributed by atoms with E-state index < -0.39 is 0 Å². The van der Waals surface area contributed by atoms with Crippen LogP contribution in [0.4, 0.5) is 5.69 Å². The standard InChI is InChI=1S/C19H26N2O2/c22-19(12-17-8-3-4-11-23-17)21-14-16-7-5-10-20(16)13-15-6-1-2-9-18(15)21/h1-2,6,9,16-17H,3-5,7-8,10-14H2/t16-,17-/m0/s1. The zero-order chi connectivity index (χ0) is 15.6. The Balaban J connectivity index is 1.56. The molecule has 1 aromatic rings. The summed E-state index contributed by atoms with van der Waals surface area (Å²) in [6, 6.07) is 8.93. The van der Waals surface area contributed by atoms with Crippen molar-refractivity contribution in [2.75, 3.05) is 24.6 Å². The summed E-state index contributed by atoms with van der Waals surface area (Å²) in [7, 11) is 0. The van der Waals surface area contributed by atoms with Gasteiger partial charge < -0.3 is 9.64 Å². The van der Waals surface area contributed by atoms with E-state index in [1.54, 1.807) is 0 Å². The van der Waals surface area contributed by atoms with Crippen molar-refractivity contribution >= 4 is 11.6 Å². The fourth-order valence-corrected chi connectivity index (χ4v) is 4.26. The van der Waals surface area contributed by atoms with E-state index in [0.29, 0.717) is 12.5 Å². The number of carbonyl (C=O) groups excluding carboxylic acids is 1. The quantitative estimate of drug-likeness (QED) is 0.841. The van der Waals surface area contributed by atoms with E-state index in [4.69, 9.17) is 4.74 Å². The Morgan fingerprint density at radius 2 is 2.09 bits per heavy atom. The first-order valence-corrected chi connectivity index (χ1v) is 9.05. The highest BCUT2D eigenvalue weighted by atomic mass is 16.5. The summed E-state index contributed by atoms with van der Waals surface area (Å²) < 4.78 is 5.79. The number of hydrogen-bond acceptors (Lipinski definition) is 3. The fourth-order valence-electron chi connectivity index (χ4n) is 4.26. The van der Waals surface area contributed by atoms with Crippen molar-refractivity contribution in [2.45, 2.75) is 57.2 Å². The van der Waals surface area contributed by atoms with Crippen LogP contribution in [0.5, 0.6) is 0 Å². The summed E-state index contributed by atoms with van der Waals surface area (Å²) in [5, 5.41) is 0. The van der Waals surface area contributed by atoms with Crippen LogP contribution in [0.3, 0.4) is 0 Å². The monoisotopic (exact) mass is 314 g/mol. The van der Waals surface area contributed by atoms with Crippen molar-refractivity contribution in [3.05, 3.63) is 29.8 Å². The Morgan fingerprint density at radius 3 is 2.96 bits per heavy atom. The van der Waals surface area contributed by atoms with Crippen LogP contribution in [0.25, 0.3) is 0 Å². The maximum atomic E-state index is 13.0. The Hall–Kier alpha value is -1.39. The van der Waals surface area contributed by atoms with Crippen molar-refractivity contribution < 1.29 is 9.53 Å². The van der Waals surface area contributed by atoms with Gasteiger partial charge in [0, 0.05) is 31.4 Å². The van der Waals surface area contributed by atoms with E-state index in [2.05, 4.69) is 23.1 Å². The third-order valence-electron chi connectivity index (χ3n) is 5.53. The average molecular weight is 314 g/mol. The number of benzene rings is 1. The molecule has 4 nitrogen and oxygen atoms in total. The van der Waals surface area contributed by atoms with Crippen molar-refractivity contribution in [1.29, 1.82) is 0 Å². The second kappa shape index (κ2) is 6.62. The third-order valence-corrected chi connectivity index (χ3v) is 5.53. The molecule has 0 unspecified atom stereocenters. The molecular formula is C19H26N2O2. The average Bonchev–Trinajstić information content (AvgIpc) is 2.95. The minimum absolute atomic E-state index is 0.117. The number of ether oxygens (including phenoxy) is 1. The second-order valence-corrected chi connectivity index (χ2v) is 7.09. The number of para-hydroxylation sites is 1. The summed E-state index contributed by atoms with van der Waals surface area (Å²) in [6.45, 7) is 3.78. The highest BCUT2D eigenvalue weighted by Crippen LogP contribution is 2.32. The van der Waals surface area contributed by atoms with Crippen LogP contribution in [0.15, 0.2) is 24.3 Å². The van der Waals surface area contributed by atoms with Crippen LogP contribution >= 0.6 is 0 Å². The Labute approximate surface area is 138 Å². The molecule has 3 aliphatic heterocycles. The molecule has 0 radical (unpaired) electrons. The maximum Gasteiger partial charge on any atom is 0.229 e. The fraction of sp³-hybridized carbons (Fsp3) is 0.632. The zero-order valence-electron chi connectivity index (χ0n) is 13.7. The molecule has 3 aliphatic rings. The SMILES string of the molecule is O=C(C[C@@H]1CCCCO1)N1C[C@@H]2CCCN2Cc2ccccc21. The smallest absolute Gasteiger partial charge is 0.229 e. The van der Waals surface area contributed by atoms with Gasteiger partial charge in [0.1, 0.15) is 0 Å². The lowest BCUT2D eigenvalue weighted by Crippen LogP contribution is -2.42. The number of nitrogens with zero attached hydrogens (tertiary/aromatic N) is 2. The number of rotatable bonds is 2. The van der Waals surface area contributed by atoms with Crippen LogP contribution in [0, 0.1) is 0 Å². The van der Waals surface area contributed by atoms with E-state index in [1.807, 2.05) is 11.0 Å². The van der Waals surface area contributed by atoms with E-state index in [1.165, 1.54) is 24.8 Å².